The molecule has 0 N–H and O–H groups in total. The van der Waals surface area contributed by atoms with E-state index in [9.17, 15) is 9.18 Å². The third kappa shape index (κ3) is 3.28. The van der Waals surface area contributed by atoms with Gasteiger partial charge in [0.05, 0.1) is 8.66 Å². The molecule has 0 atom stereocenters. The van der Waals surface area contributed by atoms with Gasteiger partial charge >= 0.3 is 0 Å². The van der Waals surface area contributed by atoms with Crippen molar-refractivity contribution in [2.24, 2.45) is 0 Å². The van der Waals surface area contributed by atoms with Crippen LogP contribution in [0.15, 0.2) is 32.5 Å². The largest absolute Gasteiger partial charge is 0.293 e. The summed E-state index contributed by atoms with van der Waals surface area (Å²) in [5.74, 6) is -0.331. The first-order valence-corrected chi connectivity index (χ1v) is 7.60. The Balaban J connectivity index is 2.21. The van der Waals surface area contributed by atoms with Crippen molar-refractivity contribution in [2.45, 2.75) is 13.3 Å². The van der Waals surface area contributed by atoms with Gasteiger partial charge in [-0.3, -0.25) is 4.79 Å². The maximum absolute atomic E-state index is 13.2. The van der Waals surface area contributed by atoms with E-state index in [1.165, 1.54) is 23.5 Å². The molecule has 94 valence electrons. The van der Waals surface area contributed by atoms with E-state index >= 15 is 0 Å². The number of hydrogen-bond donors (Lipinski definition) is 0. The standard InChI is InChI=1S/C13H9Br2FOS/c1-7-2-12(18-13(7)15)11(17)5-8-3-9(14)6-10(16)4-8/h2-4,6H,5H2,1H3. The van der Waals surface area contributed by atoms with Crippen LogP contribution in [-0.4, -0.2) is 5.78 Å². The molecule has 2 aromatic rings. The topological polar surface area (TPSA) is 17.1 Å². The van der Waals surface area contributed by atoms with Crippen LogP contribution in [0.2, 0.25) is 0 Å². The molecule has 18 heavy (non-hydrogen) atoms. The van der Waals surface area contributed by atoms with Gasteiger partial charge in [-0.05, 0) is 58.2 Å². The minimum Gasteiger partial charge on any atom is -0.293 e. The van der Waals surface area contributed by atoms with Gasteiger partial charge in [-0.2, -0.15) is 0 Å². The fourth-order valence-corrected chi connectivity index (χ4v) is 3.57. The van der Waals surface area contributed by atoms with Crippen molar-refractivity contribution in [1.29, 1.82) is 0 Å². The van der Waals surface area contributed by atoms with Gasteiger partial charge < -0.3 is 0 Å². The van der Waals surface area contributed by atoms with Gasteiger partial charge in [0.1, 0.15) is 5.82 Å². The number of ketones is 1. The number of carbonyl (C=O) groups is 1. The van der Waals surface area contributed by atoms with Crippen LogP contribution in [0, 0.1) is 12.7 Å². The van der Waals surface area contributed by atoms with Gasteiger partial charge in [0, 0.05) is 10.9 Å². The maximum atomic E-state index is 13.2. The number of Topliss-reactive ketones (excluding diaryl/α,β-unsaturated/α-hetero) is 1. The van der Waals surface area contributed by atoms with Gasteiger partial charge in [-0.25, -0.2) is 4.39 Å². The van der Waals surface area contributed by atoms with Gasteiger partial charge in [-0.15, -0.1) is 11.3 Å². The molecular formula is C13H9Br2FOS. The number of hydrogen-bond acceptors (Lipinski definition) is 2. The maximum Gasteiger partial charge on any atom is 0.177 e. The highest BCUT2D eigenvalue weighted by atomic mass is 79.9. The molecule has 5 heteroatoms. The Hall–Kier alpha value is -0.520. The van der Waals surface area contributed by atoms with E-state index in [4.69, 9.17) is 0 Å². The summed E-state index contributed by atoms with van der Waals surface area (Å²) in [6.07, 6.45) is 0.211. The van der Waals surface area contributed by atoms with Crippen LogP contribution in [0.3, 0.4) is 0 Å². The molecule has 0 spiro atoms. The van der Waals surface area contributed by atoms with Gasteiger partial charge in [0.25, 0.3) is 0 Å². The Morgan fingerprint density at radius 3 is 2.56 bits per heavy atom. The third-order valence-corrected chi connectivity index (χ3v) is 5.05. The predicted octanol–water partition coefficient (Wildman–Crippen LogP) is 5.15. The summed E-state index contributed by atoms with van der Waals surface area (Å²) in [5, 5.41) is 0. The van der Waals surface area contributed by atoms with Crippen molar-refractivity contribution in [3.05, 3.63) is 54.3 Å². The monoisotopic (exact) mass is 390 g/mol. The fraction of sp³-hybridized carbons (Fsp3) is 0.154. The van der Waals surface area contributed by atoms with E-state index in [2.05, 4.69) is 31.9 Å². The zero-order valence-corrected chi connectivity index (χ0v) is 13.5. The molecule has 0 amide bonds. The fourth-order valence-electron chi connectivity index (χ4n) is 1.58. The molecule has 2 rings (SSSR count). The molecule has 1 aromatic carbocycles. The molecule has 0 aliphatic heterocycles. The summed E-state index contributed by atoms with van der Waals surface area (Å²) >= 11 is 8.02. The summed E-state index contributed by atoms with van der Waals surface area (Å²) in [6, 6.07) is 6.37. The zero-order valence-electron chi connectivity index (χ0n) is 9.47. The SMILES string of the molecule is Cc1cc(C(=O)Cc2cc(F)cc(Br)c2)sc1Br. The summed E-state index contributed by atoms with van der Waals surface area (Å²) in [6.45, 7) is 1.94. The molecule has 0 aliphatic carbocycles. The van der Waals surface area contributed by atoms with Gasteiger partial charge in [0.2, 0.25) is 0 Å². The number of thiophene rings is 1. The van der Waals surface area contributed by atoms with E-state index in [1.807, 2.05) is 13.0 Å². The Morgan fingerprint density at radius 1 is 1.28 bits per heavy atom. The molecule has 1 aromatic heterocycles. The second kappa shape index (κ2) is 5.63. The summed E-state index contributed by atoms with van der Waals surface area (Å²) < 4.78 is 14.8. The molecule has 0 fully saturated rings. The number of halogens is 3. The van der Waals surface area contributed by atoms with Crippen molar-refractivity contribution in [3.8, 4) is 0 Å². The Bertz CT molecular complexity index is 567. The average molecular weight is 392 g/mol. The lowest BCUT2D eigenvalue weighted by molar-refractivity contribution is 0.0996. The number of aryl methyl sites for hydroxylation is 1. The molecule has 0 saturated heterocycles. The van der Waals surface area contributed by atoms with Crippen molar-refractivity contribution in [1.82, 2.24) is 0 Å². The summed E-state index contributed by atoms with van der Waals surface area (Å²) in [4.78, 5) is 12.7. The summed E-state index contributed by atoms with van der Waals surface area (Å²) in [7, 11) is 0. The van der Waals surface area contributed by atoms with E-state index in [-0.39, 0.29) is 18.0 Å². The minimum absolute atomic E-state index is 0.00583. The molecular weight excluding hydrogens is 383 g/mol. The van der Waals surface area contributed by atoms with E-state index in [0.29, 0.717) is 14.9 Å². The van der Waals surface area contributed by atoms with Crippen molar-refractivity contribution in [2.75, 3.05) is 0 Å². The first-order chi connectivity index (χ1) is 8.45. The zero-order chi connectivity index (χ0) is 13.3. The molecule has 0 unspecified atom stereocenters. The quantitative estimate of drug-likeness (QED) is 0.661. The molecule has 1 nitrogen and oxygen atoms in total. The Labute approximate surface area is 125 Å². The van der Waals surface area contributed by atoms with Crippen LogP contribution in [0.5, 0.6) is 0 Å². The van der Waals surface area contributed by atoms with Crippen LogP contribution in [0.4, 0.5) is 4.39 Å². The molecule has 0 aliphatic rings. The van der Waals surface area contributed by atoms with Crippen LogP contribution < -0.4 is 0 Å². The van der Waals surface area contributed by atoms with E-state index < -0.39 is 0 Å². The highest BCUT2D eigenvalue weighted by Crippen LogP contribution is 2.28. The number of carbonyl (C=O) groups excluding carboxylic acids is 1. The van der Waals surface area contributed by atoms with Gasteiger partial charge in [-0.1, -0.05) is 15.9 Å². The van der Waals surface area contributed by atoms with Gasteiger partial charge in [0.15, 0.2) is 5.78 Å². The highest BCUT2D eigenvalue weighted by molar-refractivity contribution is 9.11. The second-order valence-electron chi connectivity index (χ2n) is 3.95. The smallest absolute Gasteiger partial charge is 0.177 e. The molecule has 0 bridgehead atoms. The van der Waals surface area contributed by atoms with Crippen LogP contribution >= 0.6 is 43.2 Å². The number of benzene rings is 1. The van der Waals surface area contributed by atoms with Crippen molar-refractivity contribution < 1.29 is 9.18 Å². The van der Waals surface area contributed by atoms with Crippen LogP contribution in [0.25, 0.3) is 0 Å². The lowest BCUT2D eigenvalue weighted by Gasteiger charge is -2.01. The van der Waals surface area contributed by atoms with E-state index in [1.54, 1.807) is 6.07 Å². The highest BCUT2D eigenvalue weighted by Gasteiger charge is 2.12. The average Bonchev–Trinajstić information content (AvgIpc) is 2.57. The third-order valence-electron chi connectivity index (χ3n) is 2.42. The van der Waals surface area contributed by atoms with Crippen LogP contribution in [0.1, 0.15) is 20.8 Å². The molecule has 0 saturated carbocycles. The lowest BCUT2D eigenvalue weighted by atomic mass is 10.1. The lowest BCUT2D eigenvalue weighted by Crippen LogP contribution is -2.01. The molecule has 0 radical (unpaired) electrons. The predicted molar refractivity (Wildman–Crippen MR) is 78.9 cm³/mol. The summed E-state index contributed by atoms with van der Waals surface area (Å²) in [5.41, 5.74) is 1.72. The Kier molecular flexibility index (Phi) is 4.35. The first kappa shape index (κ1) is 13.9. The van der Waals surface area contributed by atoms with E-state index in [0.717, 1.165) is 9.35 Å². The second-order valence-corrected chi connectivity index (χ2v) is 7.23. The molecule has 1 heterocycles. The van der Waals surface area contributed by atoms with Crippen molar-refractivity contribution in [3.63, 3.8) is 0 Å². The minimum atomic E-state index is -0.337. The normalized spacial score (nSPS) is 10.7. The van der Waals surface area contributed by atoms with Crippen LogP contribution in [-0.2, 0) is 6.42 Å². The first-order valence-electron chi connectivity index (χ1n) is 5.20. The Morgan fingerprint density at radius 2 is 2.00 bits per heavy atom. The van der Waals surface area contributed by atoms with Crippen molar-refractivity contribution >= 4 is 49.0 Å². The number of rotatable bonds is 3.